The van der Waals surface area contributed by atoms with Crippen molar-refractivity contribution in [3.63, 3.8) is 0 Å². The number of guanidine groups is 1. The Labute approximate surface area is 202 Å². The molecule has 168 valence electrons. The van der Waals surface area contributed by atoms with Gasteiger partial charge in [-0.15, -0.1) is 24.0 Å². The van der Waals surface area contributed by atoms with Crippen molar-refractivity contribution in [1.82, 2.24) is 10.6 Å². The van der Waals surface area contributed by atoms with Crippen molar-refractivity contribution in [3.05, 3.63) is 65.2 Å². The zero-order chi connectivity index (χ0) is 21.3. The van der Waals surface area contributed by atoms with Crippen LogP contribution in [0.25, 0.3) is 0 Å². The van der Waals surface area contributed by atoms with Gasteiger partial charge in [0.2, 0.25) is 5.91 Å². The Morgan fingerprint density at radius 2 is 1.94 bits per heavy atom. The van der Waals surface area contributed by atoms with Crippen LogP contribution in [0.3, 0.4) is 0 Å². The van der Waals surface area contributed by atoms with Crippen molar-refractivity contribution in [2.45, 2.75) is 39.3 Å². The van der Waals surface area contributed by atoms with E-state index < -0.39 is 0 Å². The number of rotatable bonds is 6. The lowest BCUT2D eigenvalue weighted by Crippen LogP contribution is -2.41. The van der Waals surface area contributed by atoms with E-state index in [1.807, 2.05) is 24.3 Å². The highest BCUT2D eigenvalue weighted by atomic mass is 127. The van der Waals surface area contributed by atoms with Gasteiger partial charge in [0.1, 0.15) is 0 Å². The minimum atomic E-state index is -0.0737. The molecule has 6 nitrogen and oxygen atoms in total. The van der Waals surface area contributed by atoms with Gasteiger partial charge in [0.05, 0.1) is 6.10 Å². The van der Waals surface area contributed by atoms with Gasteiger partial charge >= 0.3 is 0 Å². The van der Waals surface area contributed by atoms with Gasteiger partial charge in [0.25, 0.3) is 0 Å². The molecule has 1 fully saturated rings. The molecule has 31 heavy (non-hydrogen) atoms. The molecule has 1 aliphatic heterocycles. The molecule has 1 saturated heterocycles. The zero-order valence-corrected chi connectivity index (χ0v) is 20.8. The van der Waals surface area contributed by atoms with Crippen molar-refractivity contribution in [1.29, 1.82) is 0 Å². The van der Waals surface area contributed by atoms with Crippen LogP contribution in [-0.2, 0) is 16.1 Å². The van der Waals surface area contributed by atoms with Crippen molar-refractivity contribution in [2.75, 3.05) is 25.5 Å². The Morgan fingerprint density at radius 3 is 2.65 bits per heavy atom. The number of hydrogen-bond donors (Lipinski definition) is 3. The normalized spacial score (nSPS) is 18.6. The lowest BCUT2D eigenvalue weighted by atomic mass is 9.89. The van der Waals surface area contributed by atoms with Crippen LogP contribution in [0.5, 0.6) is 0 Å². The van der Waals surface area contributed by atoms with Crippen molar-refractivity contribution < 1.29 is 9.53 Å². The standard InChI is InChI=1S/C24H32N4O2.HI/c1-17-9-11-20(12-10-17)23-21(7-5-13-30-23)16-27-24(25-3)26-15-19-6-4-8-22(14-19)28-18(2)29;/h4,6,8-12,14,21,23H,5,7,13,15-16H2,1-3H3,(H,28,29)(H2,25,26,27);1H. The molecule has 2 aromatic rings. The second-order valence-corrected chi connectivity index (χ2v) is 7.79. The van der Waals surface area contributed by atoms with Crippen molar-refractivity contribution >= 4 is 41.5 Å². The van der Waals surface area contributed by atoms with Crippen LogP contribution >= 0.6 is 24.0 Å². The van der Waals surface area contributed by atoms with Crippen molar-refractivity contribution in [3.8, 4) is 0 Å². The smallest absolute Gasteiger partial charge is 0.221 e. The molecule has 2 aromatic carbocycles. The summed E-state index contributed by atoms with van der Waals surface area (Å²) < 4.78 is 6.12. The third-order valence-electron chi connectivity index (χ3n) is 5.31. The summed E-state index contributed by atoms with van der Waals surface area (Å²) in [6.45, 7) is 5.84. The van der Waals surface area contributed by atoms with Gasteiger partial charge < -0.3 is 20.7 Å². The first kappa shape index (κ1) is 25.1. The number of anilines is 1. The van der Waals surface area contributed by atoms with Crippen LogP contribution in [0.15, 0.2) is 53.5 Å². The topological polar surface area (TPSA) is 74.8 Å². The molecule has 0 aliphatic carbocycles. The molecule has 3 N–H and O–H groups in total. The highest BCUT2D eigenvalue weighted by Gasteiger charge is 2.27. The number of benzene rings is 2. The highest BCUT2D eigenvalue weighted by molar-refractivity contribution is 14.0. The molecule has 0 spiro atoms. The summed E-state index contributed by atoms with van der Waals surface area (Å²) in [4.78, 5) is 15.6. The summed E-state index contributed by atoms with van der Waals surface area (Å²) in [5, 5.41) is 9.62. The number of carbonyl (C=O) groups is 1. The first-order chi connectivity index (χ1) is 14.5. The lowest BCUT2D eigenvalue weighted by molar-refractivity contribution is -0.114. The quantitative estimate of drug-likeness (QED) is 0.291. The number of hydrogen-bond acceptors (Lipinski definition) is 3. The maximum Gasteiger partial charge on any atom is 0.221 e. The molecule has 0 saturated carbocycles. The number of aliphatic imine (C=N–C) groups is 1. The van der Waals surface area contributed by atoms with E-state index in [9.17, 15) is 4.79 Å². The van der Waals surface area contributed by atoms with Gasteiger partial charge in [-0.3, -0.25) is 9.79 Å². The Bertz CT molecular complexity index is 870. The van der Waals surface area contributed by atoms with Gasteiger partial charge in [-0.1, -0.05) is 42.0 Å². The molecule has 0 aromatic heterocycles. The van der Waals surface area contributed by atoms with E-state index in [0.29, 0.717) is 12.5 Å². The summed E-state index contributed by atoms with van der Waals surface area (Å²) in [6.07, 6.45) is 2.32. The second kappa shape index (κ2) is 12.7. The minimum absolute atomic E-state index is 0. The molecule has 0 bridgehead atoms. The molecule has 2 atom stereocenters. The summed E-state index contributed by atoms with van der Waals surface area (Å²) in [7, 11) is 1.78. The first-order valence-electron chi connectivity index (χ1n) is 10.5. The molecular weight excluding hydrogens is 503 g/mol. The predicted octanol–water partition coefficient (Wildman–Crippen LogP) is 4.40. The second-order valence-electron chi connectivity index (χ2n) is 7.79. The summed E-state index contributed by atoms with van der Waals surface area (Å²) >= 11 is 0. The fraction of sp³-hybridized carbons (Fsp3) is 0.417. The molecular formula is C24H33IN4O2. The predicted molar refractivity (Wildman–Crippen MR) is 137 cm³/mol. The number of nitrogens with zero attached hydrogens (tertiary/aromatic N) is 1. The fourth-order valence-corrected chi connectivity index (χ4v) is 3.77. The number of halogens is 1. The number of carbonyl (C=O) groups excluding carboxylic acids is 1. The molecule has 7 heteroatoms. The number of amides is 1. The molecule has 3 rings (SSSR count). The van der Waals surface area contributed by atoms with Crippen LogP contribution in [0.1, 0.15) is 42.6 Å². The molecule has 2 unspecified atom stereocenters. The van der Waals surface area contributed by atoms with Crippen LogP contribution < -0.4 is 16.0 Å². The molecule has 1 heterocycles. The third kappa shape index (κ3) is 7.81. The van der Waals surface area contributed by atoms with Gasteiger partial charge in [0.15, 0.2) is 5.96 Å². The average molecular weight is 536 g/mol. The Balaban J connectivity index is 0.00000341. The van der Waals surface area contributed by atoms with E-state index in [2.05, 4.69) is 52.1 Å². The highest BCUT2D eigenvalue weighted by Crippen LogP contribution is 2.33. The van der Waals surface area contributed by atoms with E-state index in [4.69, 9.17) is 4.74 Å². The van der Waals surface area contributed by atoms with Gasteiger partial charge in [0, 0.05) is 45.3 Å². The van der Waals surface area contributed by atoms with Gasteiger partial charge in [-0.2, -0.15) is 0 Å². The van der Waals surface area contributed by atoms with Crippen LogP contribution in [-0.4, -0.2) is 32.1 Å². The van der Waals surface area contributed by atoms with E-state index in [1.54, 1.807) is 7.05 Å². The van der Waals surface area contributed by atoms with E-state index in [-0.39, 0.29) is 36.0 Å². The number of aryl methyl sites for hydroxylation is 1. The van der Waals surface area contributed by atoms with Crippen molar-refractivity contribution in [2.24, 2.45) is 10.9 Å². The molecule has 1 amide bonds. The molecule has 0 radical (unpaired) electrons. The number of ether oxygens (including phenoxy) is 1. The number of nitrogens with one attached hydrogen (secondary N) is 3. The maximum absolute atomic E-state index is 11.3. The average Bonchev–Trinajstić information content (AvgIpc) is 2.74. The van der Waals surface area contributed by atoms with E-state index in [1.165, 1.54) is 18.1 Å². The first-order valence-corrected chi connectivity index (χ1v) is 10.5. The third-order valence-corrected chi connectivity index (χ3v) is 5.31. The van der Waals surface area contributed by atoms with Gasteiger partial charge in [-0.05, 0) is 43.0 Å². The summed E-state index contributed by atoms with van der Waals surface area (Å²) in [6, 6.07) is 16.4. The SMILES string of the molecule is CN=C(NCc1cccc(NC(C)=O)c1)NCC1CCCOC1c1ccc(C)cc1.I. The zero-order valence-electron chi connectivity index (χ0n) is 18.5. The Kier molecular flexibility index (Phi) is 10.3. The van der Waals surface area contributed by atoms with Gasteiger partial charge in [-0.25, -0.2) is 0 Å². The van der Waals surface area contributed by atoms with Crippen LogP contribution in [0, 0.1) is 12.8 Å². The Hall–Kier alpha value is -2.13. The summed E-state index contributed by atoms with van der Waals surface area (Å²) in [5.41, 5.74) is 4.37. The van der Waals surface area contributed by atoms with Crippen LogP contribution in [0.2, 0.25) is 0 Å². The maximum atomic E-state index is 11.3. The lowest BCUT2D eigenvalue weighted by Gasteiger charge is -2.32. The van der Waals surface area contributed by atoms with E-state index >= 15 is 0 Å². The largest absolute Gasteiger partial charge is 0.373 e. The van der Waals surface area contributed by atoms with E-state index in [0.717, 1.165) is 43.2 Å². The fourth-order valence-electron chi connectivity index (χ4n) is 3.77. The minimum Gasteiger partial charge on any atom is -0.373 e. The summed E-state index contributed by atoms with van der Waals surface area (Å²) in [5.74, 6) is 1.08. The molecule has 1 aliphatic rings. The van der Waals surface area contributed by atoms with Crippen LogP contribution in [0.4, 0.5) is 5.69 Å². The monoisotopic (exact) mass is 536 g/mol. The Morgan fingerprint density at radius 1 is 1.16 bits per heavy atom.